The molecule has 0 saturated heterocycles. The Labute approximate surface area is 189 Å². The summed E-state index contributed by atoms with van der Waals surface area (Å²) in [7, 11) is 0. The van der Waals surface area contributed by atoms with Crippen molar-refractivity contribution in [2.75, 3.05) is 0 Å². The van der Waals surface area contributed by atoms with E-state index in [2.05, 4.69) is 81.2 Å². The molecule has 2 saturated carbocycles. The lowest BCUT2D eigenvalue weighted by atomic mass is 9.72. The zero-order chi connectivity index (χ0) is 22.9. The van der Waals surface area contributed by atoms with Crippen LogP contribution >= 0.6 is 0 Å². The van der Waals surface area contributed by atoms with Crippen molar-refractivity contribution in [3.63, 3.8) is 0 Å². The molecule has 0 aliphatic heterocycles. The second kappa shape index (κ2) is 10.2. The summed E-state index contributed by atoms with van der Waals surface area (Å²) in [5, 5.41) is 2.58. The predicted molar refractivity (Wildman–Crippen MR) is 131 cm³/mol. The summed E-state index contributed by atoms with van der Waals surface area (Å²) >= 11 is 0. The van der Waals surface area contributed by atoms with Gasteiger partial charge in [-0.2, -0.15) is 5.06 Å². The molecule has 0 aromatic heterocycles. The number of hydrogen-bond acceptors (Lipinski definition) is 2. The Morgan fingerprint density at radius 1 is 0.767 bits per heavy atom. The van der Waals surface area contributed by atoms with E-state index in [1.54, 1.807) is 0 Å². The van der Waals surface area contributed by atoms with Crippen LogP contribution in [-0.2, 0) is 4.84 Å². The third-order valence-corrected chi connectivity index (χ3v) is 8.06. The Bertz CT molecular complexity index is 517. The Morgan fingerprint density at radius 3 is 1.77 bits per heavy atom. The molecule has 2 aliphatic rings. The van der Waals surface area contributed by atoms with Crippen molar-refractivity contribution < 1.29 is 4.84 Å². The summed E-state index contributed by atoms with van der Waals surface area (Å²) in [5.74, 6) is 4.41. The first-order valence-electron chi connectivity index (χ1n) is 13.2. The highest BCUT2D eigenvalue weighted by Gasteiger charge is 2.45. The molecule has 0 amide bonds. The fraction of sp³-hybridized carbons (Fsp3) is 1.00. The molecule has 0 bridgehead atoms. The molecule has 0 radical (unpaired) electrons. The van der Waals surface area contributed by atoms with Crippen molar-refractivity contribution in [2.45, 2.75) is 139 Å². The molecule has 178 valence electrons. The quantitative estimate of drug-likeness (QED) is 0.383. The molecule has 2 aliphatic carbocycles. The van der Waals surface area contributed by atoms with Crippen molar-refractivity contribution in [3.05, 3.63) is 0 Å². The number of nitrogens with zero attached hydrogens (tertiary/aromatic N) is 1. The van der Waals surface area contributed by atoms with Gasteiger partial charge in [0.15, 0.2) is 0 Å². The SMILES string of the molecule is CC(C)[C@@H]1CC[C@@H](C)CC1ON(C1C[C@H](C)CC[C@H]1C(C)C)C(C)(C)CC(C)(C)C. The van der Waals surface area contributed by atoms with Gasteiger partial charge in [-0.15, -0.1) is 0 Å². The lowest BCUT2D eigenvalue weighted by Crippen LogP contribution is -2.58. The highest BCUT2D eigenvalue weighted by molar-refractivity contribution is 4.93. The minimum Gasteiger partial charge on any atom is -0.295 e. The van der Waals surface area contributed by atoms with E-state index in [4.69, 9.17) is 4.84 Å². The van der Waals surface area contributed by atoms with Crippen molar-refractivity contribution in [1.82, 2.24) is 5.06 Å². The molecule has 2 nitrogen and oxygen atoms in total. The third-order valence-electron chi connectivity index (χ3n) is 8.06. The Hall–Kier alpha value is -0.0800. The average Bonchev–Trinajstić information content (AvgIpc) is 2.56. The van der Waals surface area contributed by atoms with Crippen molar-refractivity contribution in [2.24, 2.45) is 40.9 Å². The van der Waals surface area contributed by atoms with Crippen molar-refractivity contribution in [3.8, 4) is 0 Å². The summed E-state index contributed by atoms with van der Waals surface area (Å²) in [5.41, 5.74) is 0.325. The molecular weight excluding hydrogens is 366 g/mol. The van der Waals surface area contributed by atoms with Crippen molar-refractivity contribution in [1.29, 1.82) is 0 Å². The van der Waals surface area contributed by atoms with Gasteiger partial charge < -0.3 is 0 Å². The highest BCUT2D eigenvalue weighted by Crippen LogP contribution is 2.44. The minimum atomic E-state index is 0.0370. The van der Waals surface area contributed by atoms with Crippen LogP contribution in [0.25, 0.3) is 0 Å². The predicted octanol–water partition coefficient (Wildman–Crippen LogP) is 8.36. The van der Waals surface area contributed by atoms with Crippen LogP contribution in [0.5, 0.6) is 0 Å². The number of rotatable bonds is 7. The van der Waals surface area contributed by atoms with Crippen LogP contribution in [-0.4, -0.2) is 22.7 Å². The largest absolute Gasteiger partial charge is 0.295 e. The molecule has 2 fully saturated rings. The van der Waals surface area contributed by atoms with Crippen LogP contribution in [0.3, 0.4) is 0 Å². The fourth-order valence-corrected chi connectivity index (χ4v) is 6.85. The first kappa shape index (κ1) is 26.2. The maximum atomic E-state index is 7.25. The van der Waals surface area contributed by atoms with Crippen LogP contribution in [0.2, 0.25) is 0 Å². The first-order valence-corrected chi connectivity index (χ1v) is 13.2. The smallest absolute Gasteiger partial charge is 0.0826 e. The molecule has 0 spiro atoms. The van der Waals surface area contributed by atoms with Gasteiger partial charge in [-0.1, -0.05) is 75.2 Å². The van der Waals surface area contributed by atoms with Crippen LogP contribution < -0.4 is 0 Å². The number of hydrogen-bond donors (Lipinski definition) is 0. The van der Waals surface area contributed by atoms with E-state index < -0.39 is 0 Å². The molecule has 2 rings (SSSR count). The topological polar surface area (TPSA) is 12.5 Å². The van der Waals surface area contributed by atoms with E-state index in [9.17, 15) is 0 Å². The van der Waals surface area contributed by atoms with Gasteiger partial charge >= 0.3 is 0 Å². The summed E-state index contributed by atoms with van der Waals surface area (Å²) in [6.07, 6.45) is 9.45. The normalized spacial score (nSPS) is 34.2. The van der Waals surface area contributed by atoms with E-state index in [1.165, 1.54) is 38.5 Å². The summed E-state index contributed by atoms with van der Waals surface area (Å²) in [6, 6.07) is 0.538. The second-order valence-corrected chi connectivity index (χ2v) is 13.7. The molecule has 0 N–H and O–H groups in total. The van der Waals surface area contributed by atoms with Gasteiger partial charge in [0.05, 0.1) is 6.10 Å². The van der Waals surface area contributed by atoms with Gasteiger partial charge in [0, 0.05) is 11.6 Å². The summed E-state index contributed by atoms with van der Waals surface area (Å²) in [4.78, 5) is 7.25. The zero-order valence-electron chi connectivity index (χ0n) is 22.4. The van der Waals surface area contributed by atoms with Crippen molar-refractivity contribution >= 4 is 0 Å². The number of hydroxylamine groups is 2. The molecule has 0 aromatic rings. The van der Waals surface area contributed by atoms with Crippen LogP contribution in [0.15, 0.2) is 0 Å². The Balaban J connectivity index is 2.39. The van der Waals surface area contributed by atoms with Gasteiger partial charge in [-0.05, 0) is 86.9 Å². The Kier molecular flexibility index (Phi) is 8.93. The lowest BCUT2D eigenvalue weighted by molar-refractivity contribution is -0.305. The molecule has 30 heavy (non-hydrogen) atoms. The molecule has 6 atom stereocenters. The van der Waals surface area contributed by atoms with Crippen LogP contribution in [0, 0.1) is 40.9 Å². The highest BCUT2D eigenvalue weighted by atomic mass is 16.7. The van der Waals surface area contributed by atoms with Gasteiger partial charge in [-0.25, -0.2) is 0 Å². The molecule has 0 heterocycles. The van der Waals surface area contributed by atoms with Crippen LogP contribution in [0.4, 0.5) is 0 Å². The molecule has 0 aromatic carbocycles. The van der Waals surface area contributed by atoms with E-state index in [-0.39, 0.29) is 11.0 Å². The average molecular weight is 422 g/mol. The van der Waals surface area contributed by atoms with Gasteiger partial charge in [0.25, 0.3) is 0 Å². The Morgan fingerprint density at radius 2 is 1.27 bits per heavy atom. The molecule has 2 heteroatoms. The molecule has 2 unspecified atom stereocenters. The van der Waals surface area contributed by atoms with Gasteiger partial charge in [-0.3, -0.25) is 4.84 Å². The van der Waals surface area contributed by atoms with E-state index in [1.807, 2.05) is 0 Å². The monoisotopic (exact) mass is 421 g/mol. The maximum Gasteiger partial charge on any atom is 0.0826 e. The minimum absolute atomic E-state index is 0.0370. The summed E-state index contributed by atoms with van der Waals surface area (Å²) < 4.78 is 0. The lowest BCUT2D eigenvalue weighted by Gasteiger charge is -2.53. The third kappa shape index (κ3) is 6.96. The zero-order valence-corrected chi connectivity index (χ0v) is 22.4. The second-order valence-electron chi connectivity index (χ2n) is 13.7. The van der Waals surface area contributed by atoms with E-state index in [0.717, 1.165) is 24.2 Å². The fourth-order valence-electron chi connectivity index (χ4n) is 6.85. The van der Waals surface area contributed by atoms with E-state index in [0.29, 0.717) is 29.9 Å². The van der Waals surface area contributed by atoms with Crippen LogP contribution in [0.1, 0.15) is 121 Å². The summed E-state index contributed by atoms with van der Waals surface area (Å²) in [6.45, 7) is 26.6. The van der Waals surface area contributed by atoms with E-state index >= 15 is 0 Å². The standard InChI is InChI=1S/C28H55NO/c1-19(2)23-14-12-21(5)16-25(23)29(28(10,11)18-27(7,8)9)30-26-17-22(6)13-15-24(26)20(3)4/h19-26H,12-18H2,1-11H3/t21-,22-,23+,24+,25?,26?/m1/s1. The maximum absolute atomic E-state index is 7.25. The first-order chi connectivity index (χ1) is 13.7. The van der Waals surface area contributed by atoms with Gasteiger partial charge in [0.1, 0.15) is 0 Å². The van der Waals surface area contributed by atoms with Gasteiger partial charge in [0.2, 0.25) is 0 Å². The molecular formula is C28H55NO.